The molecule has 0 aliphatic heterocycles. The van der Waals surface area contributed by atoms with E-state index >= 15 is 0 Å². The predicted octanol–water partition coefficient (Wildman–Crippen LogP) is 0.870. The largest absolute Gasteiger partial charge is 0.504 e. The minimum Gasteiger partial charge on any atom is -0.504 e. The van der Waals surface area contributed by atoms with Gasteiger partial charge >= 0.3 is 5.97 Å². The van der Waals surface area contributed by atoms with Crippen LogP contribution in [0.3, 0.4) is 0 Å². The smallest absolute Gasteiger partial charge is 0.323 e. The van der Waals surface area contributed by atoms with Gasteiger partial charge in [0.25, 0.3) is 5.91 Å². The highest BCUT2D eigenvalue weighted by molar-refractivity contribution is 5.82. The van der Waals surface area contributed by atoms with Crippen molar-refractivity contribution in [2.45, 2.75) is 0 Å². The fraction of sp³-hybridized carbons (Fsp3) is 0.231. The number of hydrogen-bond acceptors (Lipinski definition) is 4. The molecule has 0 aliphatic carbocycles. The number of phenols is 1. The summed E-state index contributed by atoms with van der Waals surface area (Å²) in [5.74, 6) is -1.52. The third-order valence-electron chi connectivity index (χ3n) is 2.24. The van der Waals surface area contributed by atoms with Gasteiger partial charge in [-0.2, -0.15) is 0 Å². The van der Waals surface area contributed by atoms with Crippen LogP contribution in [0.5, 0.6) is 11.5 Å². The van der Waals surface area contributed by atoms with Crippen LogP contribution in [-0.4, -0.2) is 46.7 Å². The van der Waals surface area contributed by atoms with Gasteiger partial charge in [0.15, 0.2) is 18.1 Å². The summed E-state index contributed by atoms with van der Waals surface area (Å²) in [6, 6.07) is 6.22. The Balaban J connectivity index is 2.59. The number of ether oxygens (including phenoxy) is 1. The zero-order chi connectivity index (χ0) is 14.3. The maximum Gasteiger partial charge on any atom is 0.323 e. The van der Waals surface area contributed by atoms with Crippen molar-refractivity contribution in [2.24, 2.45) is 0 Å². The van der Waals surface area contributed by atoms with Crippen molar-refractivity contribution in [3.63, 3.8) is 0 Å². The zero-order valence-corrected chi connectivity index (χ0v) is 10.3. The van der Waals surface area contributed by atoms with Crippen molar-refractivity contribution in [1.29, 1.82) is 0 Å². The van der Waals surface area contributed by atoms with Crippen molar-refractivity contribution in [3.05, 3.63) is 36.9 Å². The van der Waals surface area contributed by atoms with E-state index in [2.05, 4.69) is 6.58 Å². The van der Waals surface area contributed by atoms with Gasteiger partial charge in [-0.15, -0.1) is 6.58 Å². The van der Waals surface area contributed by atoms with Crippen molar-refractivity contribution in [2.75, 3.05) is 19.7 Å². The summed E-state index contributed by atoms with van der Waals surface area (Å²) in [6.07, 6.45) is 1.43. The van der Waals surface area contributed by atoms with Gasteiger partial charge in [-0.25, -0.2) is 0 Å². The molecule has 1 aromatic carbocycles. The Morgan fingerprint density at radius 3 is 2.63 bits per heavy atom. The second-order valence-corrected chi connectivity index (χ2v) is 3.71. The lowest BCUT2D eigenvalue weighted by atomic mass is 10.3. The normalized spacial score (nSPS) is 9.68. The number of para-hydroxylation sites is 2. The van der Waals surface area contributed by atoms with Gasteiger partial charge in [-0.05, 0) is 12.1 Å². The van der Waals surface area contributed by atoms with E-state index in [-0.39, 0.29) is 24.7 Å². The average Bonchev–Trinajstić information content (AvgIpc) is 2.36. The molecule has 102 valence electrons. The number of carbonyl (C=O) groups is 2. The van der Waals surface area contributed by atoms with E-state index in [0.717, 1.165) is 4.90 Å². The molecule has 0 aromatic heterocycles. The van der Waals surface area contributed by atoms with Gasteiger partial charge in [0, 0.05) is 6.54 Å². The van der Waals surface area contributed by atoms with Crippen LogP contribution in [0.15, 0.2) is 36.9 Å². The molecule has 0 saturated carbocycles. The molecular weight excluding hydrogens is 250 g/mol. The molecule has 0 fully saturated rings. The molecule has 6 nitrogen and oxygen atoms in total. The SMILES string of the molecule is C=CCN(CC(=O)O)C(=O)COc1ccccc1O. The Morgan fingerprint density at radius 2 is 2.05 bits per heavy atom. The van der Waals surface area contributed by atoms with Crippen LogP contribution >= 0.6 is 0 Å². The fourth-order valence-electron chi connectivity index (χ4n) is 1.38. The third-order valence-corrected chi connectivity index (χ3v) is 2.24. The molecule has 1 rings (SSSR count). The highest BCUT2D eigenvalue weighted by atomic mass is 16.5. The summed E-state index contributed by atoms with van der Waals surface area (Å²) >= 11 is 0. The van der Waals surface area contributed by atoms with Gasteiger partial charge in [0.05, 0.1) is 0 Å². The number of carboxylic acid groups (broad SMARTS) is 1. The standard InChI is InChI=1S/C13H15NO5/c1-2-7-14(8-13(17)18)12(16)9-19-11-6-4-3-5-10(11)15/h2-6,15H,1,7-9H2,(H,17,18). The van der Waals surface area contributed by atoms with Crippen LogP contribution in [0.1, 0.15) is 0 Å². The molecule has 0 atom stereocenters. The lowest BCUT2D eigenvalue weighted by Crippen LogP contribution is -2.38. The van der Waals surface area contributed by atoms with Crippen molar-refractivity contribution >= 4 is 11.9 Å². The lowest BCUT2D eigenvalue weighted by Gasteiger charge is -2.19. The summed E-state index contributed by atoms with van der Waals surface area (Å²) in [7, 11) is 0. The van der Waals surface area contributed by atoms with E-state index in [0.29, 0.717) is 0 Å². The monoisotopic (exact) mass is 265 g/mol. The number of benzene rings is 1. The Hall–Kier alpha value is -2.50. The molecule has 0 saturated heterocycles. The molecule has 6 heteroatoms. The highest BCUT2D eigenvalue weighted by Gasteiger charge is 2.16. The Bertz CT molecular complexity index is 472. The molecule has 0 spiro atoms. The van der Waals surface area contributed by atoms with Gasteiger partial charge < -0.3 is 19.8 Å². The maximum atomic E-state index is 11.8. The molecule has 19 heavy (non-hydrogen) atoms. The van der Waals surface area contributed by atoms with Crippen molar-refractivity contribution in [1.82, 2.24) is 4.90 Å². The predicted molar refractivity (Wildman–Crippen MR) is 68.0 cm³/mol. The fourth-order valence-corrected chi connectivity index (χ4v) is 1.38. The van der Waals surface area contributed by atoms with Crippen LogP contribution in [0.2, 0.25) is 0 Å². The highest BCUT2D eigenvalue weighted by Crippen LogP contribution is 2.24. The first-order chi connectivity index (χ1) is 9.04. The second-order valence-electron chi connectivity index (χ2n) is 3.71. The number of aliphatic carboxylic acids is 1. The molecule has 0 radical (unpaired) electrons. The zero-order valence-electron chi connectivity index (χ0n) is 10.3. The molecule has 2 N–H and O–H groups in total. The number of phenolic OH excluding ortho intramolecular Hbond substituents is 1. The maximum absolute atomic E-state index is 11.8. The molecule has 0 aliphatic rings. The summed E-state index contributed by atoms with van der Waals surface area (Å²) in [4.78, 5) is 23.5. The molecule has 1 aromatic rings. The lowest BCUT2D eigenvalue weighted by molar-refractivity contribution is -0.144. The number of hydrogen-bond donors (Lipinski definition) is 2. The average molecular weight is 265 g/mol. The van der Waals surface area contributed by atoms with Gasteiger partial charge in [0.1, 0.15) is 6.54 Å². The first kappa shape index (κ1) is 14.6. The number of nitrogens with zero attached hydrogens (tertiary/aromatic N) is 1. The van der Waals surface area contributed by atoms with Crippen LogP contribution in [0.25, 0.3) is 0 Å². The minimum atomic E-state index is -1.11. The first-order valence-corrected chi connectivity index (χ1v) is 5.56. The number of carboxylic acids is 1. The summed E-state index contributed by atoms with van der Waals surface area (Å²) in [5, 5.41) is 18.1. The van der Waals surface area contributed by atoms with E-state index in [1.54, 1.807) is 12.1 Å². The van der Waals surface area contributed by atoms with E-state index in [4.69, 9.17) is 9.84 Å². The molecular formula is C13H15NO5. The number of carbonyl (C=O) groups excluding carboxylic acids is 1. The molecule has 1 amide bonds. The van der Waals surface area contributed by atoms with E-state index in [1.165, 1.54) is 18.2 Å². The summed E-state index contributed by atoms with van der Waals surface area (Å²) in [6.45, 7) is 2.81. The van der Waals surface area contributed by atoms with Crippen LogP contribution in [-0.2, 0) is 9.59 Å². The van der Waals surface area contributed by atoms with E-state index in [1.807, 2.05) is 0 Å². The topological polar surface area (TPSA) is 87.1 Å². The Labute approximate surface area is 110 Å². The summed E-state index contributed by atoms with van der Waals surface area (Å²) < 4.78 is 5.14. The second kappa shape index (κ2) is 7.05. The minimum absolute atomic E-state index is 0.0798. The summed E-state index contributed by atoms with van der Waals surface area (Å²) in [5.41, 5.74) is 0. The van der Waals surface area contributed by atoms with Gasteiger partial charge in [-0.3, -0.25) is 9.59 Å². The van der Waals surface area contributed by atoms with Gasteiger partial charge in [-0.1, -0.05) is 18.2 Å². The number of amides is 1. The van der Waals surface area contributed by atoms with E-state index < -0.39 is 18.4 Å². The van der Waals surface area contributed by atoms with Gasteiger partial charge in [0.2, 0.25) is 0 Å². The Morgan fingerprint density at radius 1 is 1.37 bits per heavy atom. The molecule has 0 heterocycles. The number of aromatic hydroxyl groups is 1. The first-order valence-electron chi connectivity index (χ1n) is 5.56. The molecule has 0 bridgehead atoms. The third kappa shape index (κ3) is 4.71. The van der Waals surface area contributed by atoms with Crippen LogP contribution in [0.4, 0.5) is 0 Å². The van der Waals surface area contributed by atoms with Crippen LogP contribution in [0, 0.1) is 0 Å². The van der Waals surface area contributed by atoms with Crippen molar-refractivity contribution in [3.8, 4) is 11.5 Å². The van der Waals surface area contributed by atoms with Crippen molar-refractivity contribution < 1.29 is 24.5 Å². The quantitative estimate of drug-likeness (QED) is 0.714. The molecule has 0 unspecified atom stereocenters. The van der Waals surface area contributed by atoms with Crippen LogP contribution < -0.4 is 4.74 Å². The number of rotatable bonds is 7. The van der Waals surface area contributed by atoms with E-state index in [9.17, 15) is 14.7 Å². The Kier molecular flexibility index (Phi) is 5.40.